The number of anilines is 1. The van der Waals surface area contributed by atoms with Crippen LogP contribution in [0.15, 0.2) is 12.5 Å². The fourth-order valence-electron chi connectivity index (χ4n) is 1.79. The highest BCUT2D eigenvalue weighted by Crippen LogP contribution is 2.22. The summed E-state index contributed by atoms with van der Waals surface area (Å²) in [4.78, 5) is 12.1. The molecule has 2 aromatic heterocycles. The van der Waals surface area contributed by atoms with E-state index in [0.717, 1.165) is 30.6 Å². The highest BCUT2D eigenvalue weighted by Gasteiger charge is 2.10. The number of aromatic amines is 1. The average Bonchev–Trinajstić information content (AvgIpc) is 3.09. The van der Waals surface area contributed by atoms with E-state index in [9.17, 15) is 0 Å². The SMILES string of the molecule is CCN(CC)c1ncc(CNC(C)c2ncn[nH]2)s1. The molecule has 19 heavy (non-hydrogen) atoms. The zero-order chi connectivity index (χ0) is 13.7. The van der Waals surface area contributed by atoms with Crippen molar-refractivity contribution in [2.75, 3.05) is 18.0 Å². The van der Waals surface area contributed by atoms with Gasteiger partial charge in [-0.05, 0) is 20.8 Å². The van der Waals surface area contributed by atoms with Crippen LogP contribution in [0.5, 0.6) is 0 Å². The predicted molar refractivity (Wildman–Crippen MR) is 77.3 cm³/mol. The number of H-pyrrole nitrogens is 1. The molecule has 104 valence electrons. The summed E-state index contributed by atoms with van der Waals surface area (Å²) in [5.41, 5.74) is 0. The van der Waals surface area contributed by atoms with Crippen LogP contribution in [-0.4, -0.2) is 33.3 Å². The quantitative estimate of drug-likeness (QED) is 0.811. The number of aromatic nitrogens is 4. The number of rotatable bonds is 7. The molecule has 7 heteroatoms. The van der Waals surface area contributed by atoms with E-state index in [4.69, 9.17) is 0 Å². The largest absolute Gasteiger partial charge is 0.349 e. The van der Waals surface area contributed by atoms with Crippen molar-refractivity contribution in [2.24, 2.45) is 0 Å². The number of nitrogens with zero attached hydrogens (tertiary/aromatic N) is 4. The lowest BCUT2D eigenvalue weighted by Gasteiger charge is -2.16. The minimum atomic E-state index is 0.154. The van der Waals surface area contributed by atoms with Crippen LogP contribution in [0.4, 0.5) is 5.13 Å². The molecule has 0 aliphatic rings. The van der Waals surface area contributed by atoms with Crippen LogP contribution in [0.1, 0.15) is 37.5 Å². The first-order valence-corrected chi connectivity index (χ1v) is 7.34. The van der Waals surface area contributed by atoms with Gasteiger partial charge in [-0.15, -0.1) is 11.3 Å². The summed E-state index contributed by atoms with van der Waals surface area (Å²) in [6.07, 6.45) is 3.47. The second-order valence-electron chi connectivity index (χ2n) is 4.25. The van der Waals surface area contributed by atoms with Gasteiger partial charge in [0, 0.05) is 30.7 Å². The van der Waals surface area contributed by atoms with E-state index in [0.29, 0.717) is 0 Å². The molecule has 0 radical (unpaired) electrons. The van der Waals surface area contributed by atoms with Crippen molar-refractivity contribution in [1.29, 1.82) is 0 Å². The van der Waals surface area contributed by atoms with E-state index in [1.807, 2.05) is 6.20 Å². The van der Waals surface area contributed by atoms with Gasteiger partial charge in [0.2, 0.25) is 0 Å². The third kappa shape index (κ3) is 3.51. The predicted octanol–water partition coefficient (Wildman–Crippen LogP) is 1.96. The monoisotopic (exact) mass is 280 g/mol. The highest BCUT2D eigenvalue weighted by molar-refractivity contribution is 7.15. The Kier molecular flexibility index (Phi) is 4.86. The van der Waals surface area contributed by atoms with Gasteiger partial charge in [-0.25, -0.2) is 9.97 Å². The highest BCUT2D eigenvalue weighted by atomic mass is 32.1. The minimum Gasteiger partial charge on any atom is -0.349 e. The first kappa shape index (κ1) is 14.0. The van der Waals surface area contributed by atoms with Crippen LogP contribution in [0.25, 0.3) is 0 Å². The second-order valence-corrected chi connectivity index (χ2v) is 5.35. The van der Waals surface area contributed by atoms with E-state index in [-0.39, 0.29) is 6.04 Å². The fraction of sp³-hybridized carbons (Fsp3) is 0.583. The third-order valence-corrected chi connectivity index (χ3v) is 4.06. The van der Waals surface area contributed by atoms with Crippen LogP contribution in [-0.2, 0) is 6.54 Å². The minimum absolute atomic E-state index is 0.154. The first-order chi connectivity index (χ1) is 9.24. The van der Waals surface area contributed by atoms with Crippen LogP contribution >= 0.6 is 11.3 Å². The second kappa shape index (κ2) is 6.63. The Labute approximate surface area is 117 Å². The Morgan fingerprint density at radius 1 is 1.37 bits per heavy atom. The molecule has 0 amide bonds. The Bertz CT molecular complexity index is 476. The molecule has 0 spiro atoms. The molecule has 0 aliphatic carbocycles. The zero-order valence-corrected chi connectivity index (χ0v) is 12.4. The summed E-state index contributed by atoms with van der Waals surface area (Å²) < 4.78 is 0. The molecule has 0 saturated heterocycles. The zero-order valence-electron chi connectivity index (χ0n) is 11.6. The van der Waals surface area contributed by atoms with E-state index < -0.39 is 0 Å². The lowest BCUT2D eigenvalue weighted by Crippen LogP contribution is -2.21. The van der Waals surface area contributed by atoms with Crippen molar-refractivity contribution < 1.29 is 0 Å². The van der Waals surface area contributed by atoms with E-state index in [1.165, 1.54) is 11.2 Å². The molecule has 0 fully saturated rings. The maximum Gasteiger partial charge on any atom is 0.185 e. The van der Waals surface area contributed by atoms with Crippen LogP contribution in [0.3, 0.4) is 0 Å². The smallest absolute Gasteiger partial charge is 0.185 e. The number of thiazole rings is 1. The Balaban J connectivity index is 1.90. The van der Waals surface area contributed by atoms with Gasteiger partial charge in [0.1, 0.15) is 12.2 Å². The maximum absolute atomic E-state index is 4.47. The molecule has 2 heterocycles. The molecule has 0 aliphatic heterocycles. The summed E-state index contributed by atoms with van der Waals surface area (Å²) in [5, 5.41) is 11.2. The van der Waals surface area contributed by atoms with Gasteiger partial charge < -0.3 is 10.2 Å². The summed E-state index contributed by atoms with van der Waals surface area (Å²) in [6.45, 7) is 9.13. The number of hydrogen-bond donors (Lipinski definition) is 2. The number of hydrogen-bond acceptors (Lipinski definition) is 6. The van der Waals surface area contributed by atoms with Crippen molar-refractivity contribution in [3.8, 4) is 0 Å². The van der Waals surface area contributed by atoms with E-state index >= 15 is 0 Å². The van der Waals surface area contributed by atoms with Crippen LogP contribution in [0, 0.1) is 0 Å². The normalized spacial score (nSPS) is 12.6. The Morgan fingerprint density at radius 2 is 2.16 bits per heavy atom. The topological polar surface area (TPSA) is 69.7 Å². The van der Waals surface area contributed by atoms with Gasteiger partial charge in [0.25, 0.3) is 0 Å². The van der Waals surface area contributed by atoms with Crippen LogP contribution in [0.2, 0.25) is 0 Å². The summed E-state index contributed by atoms with van der Waals surface area (Å²) in [7, 11) is 0. The van der Waals surface area contributed by atoms with Crippen molar-refractivity contribution in [1.82, 2.24) is 25.5 Å². The standard InChI is InChI=1S/C12H20N6S/c1-4-18(5-2)12-14-7-10(19-12)6-13-9(3)11-15-8-16-17-11/h7-9,13H,4-6H2,1-3H3,(H,15,16,17). The fourth-order valence-corrected chi connectivity index (χ4v) is 2.78. The Morgan fingerprint density at radius 3 is 2.79 bits per heavy atom. The lowest BCUT2D eigenvalue weighted by molar-refractivity contribution is 0.551. The molecule has 0 saturated carbocycles. The molecule has 1 unspecified atom stereocenters. The molecule has 1 atom stereocenters. The summed E-state index contributed by atoms with van der Waals surface area (Å²) in [6, 6.07) is 0.154. The number of nitrogens with one attached hydrogen (secondary N) is 2. The van der Waals surface area contributed by atoms with Crippen molar-refractivity contribution in [3.05, 3.63) is 23.2 Å². The molecule has 0 aromatic carbocycles. The molecular formula is C12H20N6S. The lowest BCUT2D eigenvalue weighted by atomic mass is 10.3. The third-order valence-electron chi connectivity index (χ3n) is 3.00. The maximum atomic E-state index is 4.47. The summed E-state index contributed by atoms with van der Waals surface area (Å²) >= 11 is 1.74. The molecule has 2 aromatic rings. The van der Waals surface area contributed by atoms with Crippen molar-refractivity contribution in [2.45, 2.75) is 33.4 Å². The van der Waals surface area contributed by atoms with Gasteiger partial charge in [0.05, 0.1) is 6.04 Å². The van der Waals surface area contributed by atoms with E-state index in [1.54, 1.807) is 11.3 Å². The Hall–Kier alpha value is -1.47. The molecule has 2 rings (SSSR count). The van der Waals surface area contributed by atoms with Gasteiger partial charge in [0.15, 0.2) is 5.13 Å². The molecule has 2 N–H and O–H groups in total. The van der Waals surface area contributed by atoms with Gasteiger partial charge in [-0.2, -0.15) is 5.10 Å². The first-order valence-electron chi connectivity index (χ1n) is 6.52. The summed E-state index contributed by atoms with van der Waals surface area (Å²) in [5.74, 6) is 0.855. The van der Waals surface area contributed by atoms with Gasteiger partial charge in [-0.1, -0.05) is 0 Å². The van der Waals surface area contributed by atoms with Crippen LogP contribution < -0.4 is 10.2 Å². The molecule has 0 bridgehead atoms. The average molecular weight is 280 g/mol. The van der Waals surface area contributed by atoms with Gasteiger partial charge >= 0.3 is 0 Å². The van der Waals surface area contributed by atoms with Crippen molar-refractivity contribution in [3.63, 3.8) is 0 Å². The van der Waals surface area contributed by atoms with Crippen molar-refractivity contribution >= 4 is 16.5 Å². The molecule has 6 nitrogen and oxygen atoms in total. The van der Waals surface area contributed by atoms with E-state index in [2.05, 4.69) is 51.2 Å². The molecular weight excluding hydrogens is 260 g/mol. The van der Waals surface area contributed by atoms with Gasteiger partial charge in [-0.3, -0.25) is 5.10 Å².